The smallest absolute Gasteiger partial charge is 0.344 e. The van der Waals surface area contributed by atoms with Crippen LogP contribution in [0.4, 0.5) is 16.3 Å². The number of rotatable bonds is 5. The summed E-state index contributed by atoms with van der Waals surface area (Å²) >= 11 is 6.37. The summed E-state index contributed by atoms with van der Waals surface area (Å²) in [7, 11) is -3.45. The van der Waals surface area contributed by atoms with Gasteiger partial charge in [0, 0.05) is 61.2 Å². The van der Waals surface area contributed by atoms with E-state index in [0.29, 0.717) is 13.1 Å². The van der Waals surface area contributed by atoms with Gasteiger partial charge in [0.15, 0.2) is 5.82 Å². The van der Waals surface area contributed by atoms with Gasteiger partial charge in [0.05, 0.1) is 19.5 Å². The number of hydrogen-bond acceptors (Lipinski definition) is 7. The average Bonchev–Trinajstić information content (AvgIpc) is 3.47. The summed E-state index contributed by atoms with van der Waals surface area (Å²) in [5.41, 5.74) is 2.55. The van der Waals surface area contributed by atoms with Crippen LogP contribution in [-0.2, 0) is 21.3 Å². The normalized spacial score (nSPS) is 20.7. The van der Waals surface area contributed by atoms with Gasteiger partial charge in [-0.2, -0.15) is 4.68 Å². The van der Waals surface area contributed by atoms with Gasteiger partial charge < -0.3 is 14.5 Å². The Hall–Kier alpha value is -2.34. The second-order valence-corrected chi connectivity index (χ2v) is 12.1. The first kappa shape index (κ1) is 25.3. The molecule has 5 rings (SSSR count). The monoisotopic (exact) mass is 536 g/mol. The number of anilines is 2. The summed E-state index contributed by atoms with van der Waals surface area (Å²) in [6.07, 6.45) is 6.62. The molecule has 3 saturated heterocycles. The summed E-state index contributed by atoms with van der Waals surface area (Å²) in [6, 6.07) is 7.45. The largest absolute Gasteiger partial charge is 0.378 e. The molecule has 1 N–H and O–H groups in total. The molecular formula is C24H33ClN6O4S. The molecule has 0 radical (unpaired) electrons. The number of piperidine rings is 1. The van der Waals surface area contributed by atoms with Gasteiger partial charge in [0.1, 0.15) is 0 Å². The van der Waals surface area contributed by atoms with Crippen LogP contribution in [0.2, 0.25) is 5.02 Å². The van der Waals surface area contributed by atoms with Crippen LogP contribution < -0.4 is 9.62 Å². The molecule has 3 fully saturated rings. The van der Waals surface area contributed by atoms with E-state index in [4.69, 9.17) is 16.3 Å². The highest BCUT2D eigenvalue weighted by molar-refractivity contribution is 7.92. The number of amides is 1. The highest BCUT2D eigenvalue weighted by Crippen LogP contribution is 2.40. The summed E-state index contributed by atoms with van der Waals surface area (Å²) < 4.78 is 31.9. The van der Waals surface area contributed by atoms with E-state index < -0.39 is 10.0 Å². The van der Waals surface area contributed by atoms with Gasteiger partial charge in [-0.05, 0) is 49.9 Å². The fourth-order valence-electron chi connectivity index (χ4n) is 5.72. The van der Waals surface area contributed by atoms with Gasteiger partial charge in [0.2, 0.25) is 10.0 Å². The molecule has 12 heteroatoms. The van der Waals surface area contributed by atoms with Crippen molar-refractivity contribution < 1.29 is 17.9 Å². The molecule has 4 heterocycles. The molecule has 0 aliphatic carbocycles. The first-order valence-corrected chi connectivity index (χ1v) is 14.7. The lowest BCUT2D eigenvalue weighted by molar-refractivity contribution is 0.0584. The third kappa shape index (κ3) is 5.49. The molecule has 1 spiro atoms. The quantitative estimate of drug-likeness (QED) is 0.627. The van der Waals surface area contributed by atoms with Gasteiger partial charge in [-0.3, -0.25) is 9.62 Å². The fraction of sp³-hybridized carbons (Fsp3) is 0.583. The fourth-order valence-corrected chi connectivity index (χ4v) is 6.37. The van der Waals surface area contributed by atoms with Gasteiger partial charge in [0.25, 0.3) is 0 Å². The van der Waals surface area contributed by atoms with E-state index in [-0.39, 0.29) is 17.4 Å². The highest BCUT2D eigenvalue weighted by Gasteiger charge is 2.44. The summed E-state index contributed by atoms with van der Waals surface area (Å²) in [6.45, 7) is 6.37. The lowest BCUT2D eigenvalue weighted by Gasteiger charge is -2.45. The van der Waals surface area contributed by atoms with Crippen molar-refractivity contribution in [1.29, 1.82) is 0 Å². The van der Waals surface area contributed by atoms with Gasteiger partial charge in [-0.1, -0.05) is 17.7 Å². The topological polar surface area (TPSA) is 100 Å². The molecule has 10 nitrogen and oxygen atoms in total. The number of ether oxygens (including phenoxy) is 1. The van der Waals surface area contributed by atoms with Crippen LogP contribution in [0, 0.1) is 0 Å². The highest BCUT2D eigenvalue weighted by atomic mass is 35.5. The van der Waals surface area contributed by atoms with Crippen LogP contribution in [0.5, 0.6) is 0 Å². The van der Waals surface area contributed by atoms with Crippen LogP contribution >= 0.6 is 11.6 Å². The predicted molar refractivity (Wildman–Crippen MR) is 139 cm³/mol. The Balaban J connectivity index is 1.25. The zero-order valence-corrected chi connectivity index (χ0v) is 22.1. The van der Waals surface area contributed by atoms with Crippen LogP contribution in [0.25, 0.3) is 0 Å². The Morgan fingerprint density at radius 2 is 1.86 bits per heavy atom. The van der Waals surface area contributed by atoms with Crippen molar-refractivity contribution in [2.45, 2.75) is 37.8 Å². The molecule has 196 valence electrons. The van der Waals surface area contributed by atoms with Crippen LogP contribution in [0.15, 0.2) is 30.5 Å². The molecule has 3 aliphatic rings. The lowest BCUT2D eigenvalue weighted by atomic mass is 9.84. The molecule has 1 aromatic heterocycles. The Bertz CT molecular complexity index is 1200. The van der Waals surface area contributed by atoms with Gasteiger partial charge >= 0.3 is 6.03 Å². The molecular weight excluding hydrogens is 504 g/mol. The van der Waals surface area contributed by atoms with Crippen LogP contribution in [0.3, 0.4) is 0 Å². The Morgan fingerprint density at radius 3 is 2.58 bits per heavy atom. The van der Waals surface area contributed by atoms with Crippen molar-refractivity contribution in [2.24, 2.45) is 0 Å². The zero-order valence-electron chi connectivity index (χ0n) is 20.5. The molecule has 0 atom stereocenters. The van der Waals surface area contributed by atoms with E-state index in [1.165, 1.54) is 28.2 Å². The second kappa shape index (κ2) is 10.2. The van der Waals surface area contributed by atoms with Crippen molar-refractivity contribution in [3.63, 3.8) is 0 Å². The summed E-state index contributed by atoms with van der Waals surface area (Å²) in [5.74, 6) is 0.139. The van der Waals surface area contributed by atoms with E-state index >= 15 is 0 Å². The van der Waals surface area contributed by atoms with Crippen molar-refractivity contribution in [3.8, 4) is 0 Å². The molecule has 0 bridgehead atoms. The molecule has 1 aromatic carbocycles. The number of benzene rings is 1. The number of sulfonamides is 1. The molecule has 2 aromatic rings. The van der Waals surface area contributed by atoms with Crippen LogP contribution in [-0.4, -0.2) is 91.8 Å². The average molecular weight is 537 g/mol. The Kier molecular flexibility index (Phi) is 7.17. The van der Waals surface area contributed by atoms with E-state index in [9.17, 15) is 13.2 Å². The Labute approximate surface area is 217 Å². The van der Waals surface area contributed by atoms with E-state index in [2.05, 4.69) is 31.8 Å². The number of carbonyl (C=O) groups is 1. The maximum absolute atomic E-state index is 13.0. The lowest BCUT2D eigenvalue weighted by Crippen LogP contribution is -2.53. The van der Waals surface area contributed by atoms with Crippen molar-refractivity contribution >= 4 is 39.2 Å². The van der Waals surface area contributed by atoms with Crippen molar-refractivity contribution in [2.75, 3.05) is 61.8 Å². The zero-order chi connectivity index (χ0) is 25.3. The molecule has 3 aliphatic heterocycles. The first-order valence-electron chi connectivity index (χ1n) is 12.4. The number of hydrogen-bond donors (Lipinski definition) is 1. The molecule has 0 saturated carbocycles. The standard InChI is InChI=1S/C24H33ClN6O4S/c1-36(33,34)27-22-5-10-31(26-22)23(32)29-11-7-24(8-12-29)6-2-9-30(24)18-19-3-4-20(25)17-21(19)28-13-15-35-16-14-28/h3-5,10,17H,2,6-9,11-16,18H2,1H3,(H,26,27). The minimum absolute atomic E-state index is 0.0752. The van der Waals surface area contributed by atoms with Crippen LogP contribution in [0.1, 0.15) is 31.2 Å². The number of nitrogens with zero attached hydrogens (tertiary/aromatic N) is 5. The third-order valence-electron chi connectivity index (χ3n) is 7.54. The number of carbonyl (C=O) groups excluding carboxylic acids is 1. The number of aromatic nitrogens is 2. The van der Waals surface area contributed by atoms with Crippen molar-refractivity contribution in [3.05, 3.63) is 41.0 Å². The maximum atomic E-state index is 13.0. The number of nitrogens with one attached hydrogen (secondary N) is 1. The molecule has 0 unspecified atom stereocenters. The summed E-state index contributed by atoms with van der Waals surface area (Å²) in [5, 5.41) is 4.84. The van der Waals surface area contributed by atoms with E-state index in [1.807, 2.05) is 6.07 Å². The number of halogens is 1. The van der Waals surface area contributed by atoms with E-state index in [1.54, 1.807) is 4.90 Å². The van der Waals surface area contributed by atoms with Gasteiger partial charge in [-0.25, -0.2) is 13.2 Å². The van der Waals surface area contributed by atoms with E-state index in [0.717, 1.165) is 76.4 Å². The number of morpholine rings is 1. The third-order valence-corrected chi connectivity index (χ3v) is 8.36. The molecule has 1 amide bonds. The Morgan fingerprint density at radius 1 is 1.11 bits per heavy atom. The second-order valence-electron chi connectivity index (χ2n) is 9.91. The molecule has 36 heavy (non-hydrogen) atoms. The SMILES string of the molecule is CS(=O)(=O)Nc1ccn(C(=O)N2CCC3(CCCN3Cc3ccc(Cl)cc3N3CCOCC3)CC2)n1. The van der Waals surface area contributed by atoms with Gasteiger partial charge in [-0.15, -0.1) is 5.10 Å². The summed E-state index contributed by atoms with van der Waals surface area (Å²) in [4.78, 5) is 19.8. The van der Waals surface area contributed by atoms with Crippen molar-refractivity contribution in [1.82, 2.24) is 19.6 Å². The predicted octanol–water partition coefficient (Wildman–Crippen LogP) is 2.84. The maximum Gasteiger partial charge on any atom is 0.344 e. The number of likely N-dealkylation sites (tertiary alicyclic amines) is 2. The minimum atomic E-state index is -3.45. The minimum Gasteiger partial charge on any atom is -0.378 e. The first-order chi connectivity index (χ1) is 17.2.